The summed E-state index contributed by atoms with van der Waals surface area (Å²) in [7, 11) is 0. The molecule has 0 amide bonds. The predicted molar refractivity (Wildman–Crippen MR) is 68.4 cm³/mol. The summed E-state index contributed by atoms with van der Waals surface area (Å²) in [5, 5.41) is 0. The zero-order valence-corrected chi connectivity index (χ0v) is 11.3. The Bertz CT molecular complexity index is 274. The standard InChI is InChI=1S/C15H26O/c1-14(2,3)16-13-10-7-9-12-8-5-6-11-15(12,13)4/h5,8,12-13H,6-7,9-11H2,1-4H3/t12-,13+,15+/m1/s1. The molecule has 0 aromatic rings. The maximum absolute atomic E-state index is 6.32. The SMILES string of the molecule is CC(C)(C)O[C@H]1CCC[C@H]2C=CCC[C@@]21C. The van der Waals surface area contributed by atoms with Crippen LogP contribution < -0.4 is 0 Å². The molecule has 0 N–H and O–H groups in total. The van der Waals surface area contributed by atoms with E-state index < -0.39 is 0 Å². The molecule has 0 radical (unpaired) electrons. The van der Waals surface area contributed by atoms with Crippen LogP contribution in [0, 0.1) is 11.3 Å². The number of hydrogen-bond donors (Lipinski definition) is 0. The lowest BCUT2D eigenvalue weighted by atomic mass is 9.61. The fourth-order valence-corrected chi connectivity index (χ4v) is 3.36. The Morgan fingerprint density at radius 2 is 2.00 bits per heavy atom. The third-order valence-corrected chi connectivity index (χ3v) is 4.28. The largest absolute Gasteiger partial charge is 0.372 e. The van der Waals surface area contributed by atoms with Gasteiger partial charge in [-0.2, -0.15) is 0 Å². The summed E-state index contributed by atoms with van der Waals surface area (Å²) < 4.78 is 6.32. The smallest absolute Gasteiger partial charge is 0.0641 e. The van der Waals surface area contributed by atoms with E-state index in [9.17, 15) is 0 Å². The lowest BCUT2D eigenvalue weighted by Crippen LogP contribution is -2.47. The summed E-state index contributed by atoms with van der Waals surface area (Å²) in [4.78, 5) is 0. The summed E-state index contributed by atoms with van der Waals surface area (Å²) in [5.74, 6) is 0.752. The van der Waals surface area contributed by atoms with E-state index in [1.165, 1.54) is 32.1 Å². The van der Waals surface area contributed by atoms with Crippen molar-refractivity contribution in [2.24, 2.45) is 11.3 Å². The maximum atomic E-state index is 6.32. The van der Waals surface area contributed by atoms with Crippen LogP contribution in [0.5, 0.6) is 0 Å². The molecule has 0 heterocycles. The van der Waals surface area contributed by atoms with Crippen molar-refractivity contribution >= 4 is 0 Å². The van der Waals surface area contributed by atoms with Gasteiger partial charge in [-0.05, 0) is 52.4 Å². The van der Waals surface area contributed by atoms with Gasteiger partial charge >= 0.3 is 0 Å². The van der Waals surface area contributed by atoms with Crippen molar-refractivity contribution in [3.05, 3.63) is 12.2 Å². The highest BCUT2D eigenvalue weighted by Gasteiger charge is 2.45. The van der Waals surface area contributed by atoms with E-state index in [1.807, 2.05) is 0 Å². The van der Waals surface area contributed by atoms with Gasteiger partial charge in [-0.15, -0.1) is 0 Å². The first kappa shape index (κ1) is 12.2. The molecule has 0 unspecified atom stereocenters. The van der Waals surface area contributed by atoms with Crippen LogP contribution in [0.15, 0.2) is 12.2 Å². The Morgan fingerprint density at radius 1 is 1.25 bits per heavy atom. The molecule has 92 valence electrons. The van der Waals surface area contributed by atoms with E-state index in [0.717, 1.165) is 5.92 Å². The average molecular weight is 222 g/mol. The number of allylic oxidation sites excluding steroid dienone is 2. The molecule has 0 aliphatic heterocycles. The van der Waals surface area contributed by atoms with Crippen LogP contribution in [-0.2, 0) is 4.74 Å². The average Bonchev–Trinajstić information content (AvgIpc) is 2.17. The molecule has 0 bridgehead atoms. The molecule has 0 aromatic carbocycles. The Labute approximate surface area is 100 Å². The number of ether oxygens (including phenoxy) is 1. The Morgan fingerprint density at radius 3 is 2.69 bits per heavy atom. The van der Waals surface area contributed by atoms with Crippen LogP contribution >= 0.6 is 0 Å². The van der Waals surface area contributed by atoms with Gasteiger partial charge in [0.1, 0.15) is 0 Å². The maximum Gasteiger partial charge on any atom is 0.0641 e. The fourth-order valence-electron chi connectivity index (χ4n) is 3.36. The van der Waals surface area contributed by atoms with Gasteiger partial charge in [-0.3, -0.25) is 0 Å². The van der Waals surface area contributed by atoms with Crippen LogP contribution in [-0.4, -0.2) is 11.7 Å². The van der Waals surface area contributed by atoms with E-state index in [1.54, 1.807) is 0 Å². The van der Waals surface area contributed by atoms with E-state index in [4.69, 9.17) is 4.74 Å². The molecule has 1 nitrogen and oxygen atoms in total. The van der Waals surface area contributed by atoms with Crippen LogP contribution in [0.25, 0.3) is 0 Å². The van der Waals surface area contributed by atoms with Crippen LogP contribution in [0.1, 0.15) is 59.8 Å². The van der Waals surface area contributed by atoms with Crippen LogP contribution in [0.4, 0.5) is 0 Å². The number of rotatable bonds is 1. The van der Waals surface area contributed by atoms with Gasteiger partial charge in [0.25, 0.3) is 0 Å². The monoisotopic (exact) mass is 222 g/mol. The Balaban J connectivity index is 2.15. The highest BCUT2D eigenvalue weighted by molar-refractivity contribution is 5.07. The number of fused-ring (bicyclic) bond motifs is 1. The first-order valence-corrected chi connectivity index (χ1v) is 6.76. The van der Waals surface area contributed by atoms with Gasteiger partial charge in [0.05, 0.1) is 11.7 Å². The van der Waals surface area contributed by atoms with Crippen molar-refractivity contribution in [1.82, 2.24) is 0 Å². The second kappa shape index (κ2) is 4.18. The van der Waals surface area contributed by atoms with Crippen molar-refractivity contribution in [2.75, 3.05) is 0 Å². The molecule has 3 atom stereocenters. The number of hydrogen-bond acceptors (Lipinski definition) is 1. The Hall–Kier alpha value is -0.300. The zero-order valence-electron chi connectivity index (χ0n) is 11.3. The summed E-state index contributed by atoms with van der Waals surface area (Å²) in [6.07, 6.45) is 11.7. The zero-order chi connectivity index (χ0) is 11.8. The molecule has 1 fully saturated rings. The molecule has 0 aromatic heterocycles. The molecular weight excluding hydrogens is 196 g/mol. The van der Waals surface area contributed by atoms with E-state index in [0.29, 0.717) is 11.5 Å². The third-order valence-electron chi connectivity index (χ3n) is 4.28. The van der Waals surface area contributed by atoms with Gasteiger partial charge in [-0.25, -0.2) is 0 Å². The quantitative estimate of drug-likeness (QED) is 0.600. The Kier molecular flexibility index (Phi) is 3.18. The predicted octanol–water partition coefficient (Wildman–Crippen LogP) is 4.33. The highest BCUT2D eigenvalue weighted by Crippen LogP contribution is 2.49. The van der Waals surface area contributed by atoms with Gasteiger partial charge in [0.15, 0.2) is 0 Å². The molecule has 1 heteroatoms. The minimum atomic E-state index is -0.00325. The van der Waals surface area contributed by atoms with Crippen molar-refractivity contribution in [2.45, 2.75) is 71.5 Å². The molecule has 0 saturated heterocycles. The van der Waals surface area contributed by atoms with Crippen molar-refractivity contribution in [3.8, 4) is 0 Å². The second-order valence-corrected chi connectivity index (χ2v) is 6.73. The molecule has 16 heavy (non-hydrogen) atoms. The summed E-state index contributed by atoms with van der Waals surface area (Å²) in [6.45, 7) is 8.98. The minimum absolute atomic E-state index is 0.00325. The summed E-state index contributed by atoms with van der Waals surface area (Å²) in [6, 6.07) is 0. The molecule has 0 spiro atoms. The summed E-state index contributed by atoms with van der Waals surface area (Å²) >= 11 is 0. The van der Waals surface area contributed by atoms with Crippen molar-refractivity contribution in [1.29, 1.82) is 0 Å². The van der Waals surface area contributed by atoms with Gasteiger partial charge in [0.2, 0.25) is 0 Å². The molecule has 2 aliphatic carbocycles. The van der Waals surface area contributed by atoms with E-state index in [2.05, 4.69) is 39.8 Å². The van der Waals surface area contributed by atoms with Crippen LogP contribution in [0.3, 0.4) is 0 Å². The van der Waals surface area contributed by atoms with Crippen molar-refractivity contribution < 1.29 is 4.74 Å². The van der Waals surface area contributed by atoms with E-state index in [-0.39, 0.29) is 5.60 Å². The summed E-state index contributed by atoms with van der Waals surface area (Å²) in [5.41, 5.74) is 0.386. The topological polar surface area (TPSA) is 9.23 Å². The first-order valence-electron chi connectivity index (χ1n) is 6.76. The fraction of sp³-hybridized carbons (Fsp3) is 0.867. The lowest BCUT2D eigenvalue weighted by molar-refractivity contribution is -0.145. The van der Waals surface area contributed by atoms with Crippen molar-refractivity contribution in [3.63, 3.8) is 0 Å². The molecule has 1 saturated carbocycles. The molecular formula is C15H26O. The van der Waals surface area contributed by atoms with E-state index >= 15 is 0 Å². The minimum Gasteiger partial charge on any atom is -0.372 e. The first-order chi connectivity index (χ1) is 7.42. The second-order valence-electron chi connectivity index (χ2n) is 6.73. The van der Waals surface area contributed by atoms with Gasteiger partial charge in [0, 0.05) is 5.41 Å². The van der Waals surface area contributed by atoms with Crippen LogP contribution in [0.2, 0.25) is 0 Å². The highest BCUT2D eigenvalue weighted by atomic mass is 16.5. The third kappa shape index (κ3) is 2.34. The van der Waals surface area contributed by atoms with Gasteiger partial charge < -0.3 is 4.74 Å². The lowest BCUT2D eigenvalue weighted by Gasteiger charge is -2.49. The normalized spacial score (nSPS) is 39.5. The van der Waals surface area contributed by atoms with Gasteiger partial charge in [-0.1, -0.05) is 25.5 Å². The molecule has 2 rings (SSSR count). The molecule has 2 aliphatic rings.